The summed E-state index contributed by atoms with van der Waals surface area (Å²) in [5.41, 5.74) is 1.98. The van der Waals surface area contributed by atoms with E-state index < -0.39 is 20.8 Å². The van der Waals surface area contributed by atoms with Crippen molar-refractivity contribution >= 4 is 16.0 Å². The van der Waals surface area contributed by atoms with Crippen molar-refractivity contribution in [2.45, 2.75) is 32.4 Å². The third kappa shape index (κ3) is 5.67. The van der Waals surface area contributed by atoms with Crippen molar-refractivity contribution in [1.29, 1.82) is 0 Å². The quantitative estimate of drug-likeness (QED) is 0.345. The molecule has 0 aliphatic carbocycles. The fourth-order valence-electron chi connectivity index (χ4n) is 0.305. The maximum absolute atomic E-state index is 11.3. The van der Waals surface area contributed by atoms with Crippen LogP contribution in [0.4, 0.5) is 0 Å². The van der Waals surface area contributed by atoms with Crippen LogP contribution in [0.1, 0.15) is 27.7 Å². The summed E-state index contributed by atoms with van der Waals surface area (Å²) in [6.45, 7) is 9.18. The van der Waals surface area contributed by atoms with Gasteiger partial charge in [-0.3, -0.25) is 4.79 Å². The van der Waals surface area contributed by atoms with Crippen LogP contribution in [0.25, 0.3) is 0 Å². The molecule has 0 rings (SSSR count). The van der Waals surface area contributed by atoms with Crippen molar-refractivity contribution in [3.8, 4) is 0 Å². The number of rotatable bonds is 3. The molecule has 7 heteroatoms. The van der Waals surface area contributed by atoms with E-state index in [1.165, 1.54) is 27.7 Å². The molecule has 0 aromatic rings. The summed E-state index contributed by atoms with van der Waals surface area (Å²) >= 11 is 0. The molecule has 0 aliphatic heterocycles. The van der Waals surface area contributed by atoms with E-state index in [4.69, 9.17) is 0 Å². The minimum atomic E-state index is -3.80. The SMILES string of the molecule is C=C(C)C(=O)NOS(=O)(=O)C(C)(C)C.[Na+]. The van der Waals surface area contributed by atoms with Gasteiger partial charge < -0.3 is 0 Å². The zero-order valence-electron chi connectivity index (χ0n) is 9.75. The van der Waals surface area contributed by atoms with E-state index in [1.54, 1.807) is 5.48 Å². The zero-order chi connectivity index (χ0) is 11.6. The Kier molecular flexibility index (Phi) is 7.01. The number of hydrogen-bond donors (Lipinski definition) is 1. The van der Waals surface area contributed by atoms with Gasteiger partial charge in [-0.25, -0.2) is 5.48 Å². The van der Waals surface area contributed by atoms with Crippen LogP contribution in [-0.2, 0) is 19.2 Å². The predicted molar refractivity (Wildman–Crippen MR) is 52.7 cm³/mol. The fraction of sp³-hybridized carbons (Fsp3) is 0.625. The number of hydroxylamine groups is 1. The van der Waals surface area contributed by atoms with Crippen molar-refractivity contribution in [2.75, 3.05) is 0 Å². The van der Waals surface area contributed by atoms with Gasteiger partial charge in [0.1, 0.15) is 0 Å². The molecule has 0 saturated heterocycles. The largest absolute Gasteiger partial charge is 1.00 e. The third-order valence-corrected chi connectivity index (χ3v) is 3.18. The molecule has 15 heavy (non-hydrogen) atoms. The van der Waals surface area contributed by atoms with Crippen LogP contribution in [0.5, 0.6) is 0 Å². The summed E-state index contributed by atoms with van der Waals surface area (Å²) in [6.07, 6.45) is 0. The van der Waals surface area contributed by atoms with Gasteiger partial charge in [0.05, 0.1) is 4.75 Å². The van der Waals surface area contributed by atoms with Gasteiger partial charge in [-0.2, -0.15) is 8.42 Å². The molecule has 0 spiro atoms. The Morgan fingerprint density at radius 2 is 1.73 bits per heavy atom. The van der Waals surface area contributed by atoms with Crippen LogP contribution in [0, 0.1) is 0 Å². The summed E-state index contributed by atoms with van der Waals surface area (Å²) in [6, 6.07) is 0. The van der Waals surface area contributed by atoms with Crippen LogP contribution in [0.3, 0.4) is 0 Å². The molecule has 82 valence electrons. The van der Waals surface area contributed by atoms with E-state index in [0.717, 1.165) is 0 Å². The third-order valence-electron chi connectivity index (χ3n) is 1.38. The monoisotopic (exact) mass is 244 g/mol. The molecule has 1 amide bonds. The summed E-state index contributed by atoms with van der Waals surface area (Å²) in [7, 11) is -3.80. The minimum absolute atomic E-state index is 0. The van der Waals surface area contributed by atoms with Gasteiger partial charge in [0, 0.05) is 5.57 Å². The zero-order valence-corrected chi connectivity index (χ0v) is 12.6. The first-order valence-corrected chi connectivity index (χ1v) is 5.37. The summed E-state index contributed by atoms with van der Waals surface area (Å²) < 4.78 is 25.9. The number of nitrogens with one attached hydrogen (secondary N) is 1. The molecule has 0 aliphatic rings. The van der Waals surface area contributed by atoms with E-state index in [-0.39, 0.29) is 35.1 Å². The smallest absolute Gasteiger partial charge is 0.267 e. The van der Waals surface area contributed by atoms with Crippen LogP contribution in [0.2, 0.25) is 0 Å². The molecule has 0 heterocycles. The summed E-state index contributed by atoms with van der Waals surface area (Å²) in [5.74, 6) is -0.655. The van der Waals surface area contributed by atoms with Crippen molar-refractivity contribution < 1.29 is 47.1 Å². The van der Waals surface area contributed by atoms with Crippen molar-refractivity contribution in [3.63, 3.8) is 0 Å². The molecule has 1 N–H and O–H groups in total. The second-order valence-electron chi connectivity index (χ2n) is 3.86. The van der Waals surface area contributed by atoms with E-state index in [9.17, 15) is 13.2 Å². The molecule has 0 aromatic carbocycles. The molecule has 0 bridgehead atoms. The van der Waals surface area contributed by atoms with Gasteiger partial charge in [-0.15, -0.1) is 4.28 Å². The van der Waals surface area contributed by atoms with E-state index in [1.807, 2.05) is 0 Å². The number of amides is 1. The van der Waals surface area contributed by atoms with E-state index in [2.05, 4.69) is 10.9 Å². The molecular weight excluding hydrogens is 229 g/mol. The number of carbonyl (C=O) groups excluding carboxylic acids is 1. The van der Waals surface area contributed by atoms with Gasteiger partial charge >= 0.3 is 29.6 Å². The van der Waals surface area contributed by atoms with Gasteiger partial charge in [0.2, 0.25) is 0 Å². The van der Waals surface area contributed by atoms with Crippen LogP contribution in [-0.4, -0.2) is 19.1 Å². The standard InChI is InChI=1S/C8H15NO4S.Na/c1-6(2)7(10)9-13-14(11,12)8(3,4)5;/h1H2,2-5H3,(H,9,10);/q;+1. The molecule has 0 unspecified atom stereocenters. The van der Waals surface area contributed by atoms with Crippen molar-refractivity contribution in [2.24, 2.45) is 0 Å². The van der Waals surface area contributed by atoms with Crippen LogP contribution < -0.4 is 35.0 Å². The van der Waals surface area contributed by atoms with Gasteiger partial charge in [0.25, 0.3) is 16.0 Å². The molecule has 0 fully saturated rings. The minimum Gasteiger partial charge on any atom is -0.267 e. The van der Waals surface area contributed by atoms with E-state index >= 15 is 0 Å². The molecule has 5 nitrogen and oxygen atoms in total. The molecule has 0 saturated carbocycles. The Labute approximate surface area is 113 Å². The second kappa shape index (κ2) is 6.00. The van der Waals surface area contributed by atoms with E-state index in [0.29, 0.717) is 0 Å². The molecule has 0 aromatic heterocycles. The first-order chi connectivity index (χ1) is 6.08. The fourth-order valence-corrected chi connectivity index (χ4v) is 0.740. The first kappa shape index (κ1) is 17.5. The summed E-state index contributed by atoms with van der Waals surface area (Å²) in [5, 5.41) is 0. The van der Waals surface area contributed by atoms with Gasteiger partial charge in [-0.05, 0) is 27.7 Å². The Hall–Kier alpha value is 0.120. The van der Waals surface area contributed by atoms with Gasteiger partial charge in [0.15, 0.2) is 0 Å². The van der Waals surface area contributed by atoms with Crippen LogP contribution in [0.15, 0.2) is 12.2 Å². The Morgan fingerprint density at radius 3 is 2.00 bits per heavy atom. The maximum atomic E-state index is 11.3. The average Bonchev–Trinajstić information content (AvgIpc) is 1.97. The topological polar surface area (TPSA) is 72.5 Å². The van der Waals surface area contributed by atoms with Crippen molar-refractivity contribution in [3.05, 3.63) is 12.2 Å². The molecular formula is C8H15NNaO4S+. The first-order valence-electron chi connectivity index (χ1n) is 3.97. The van der Waals surface area contributed by atoms with Crippen molar-refractivity contribution in [1.82, 2.24) is 5.48 Å². The normalized spacial score (nSPS) is 11.5. The number of carbonyl (C=O) groups is 1. The predicted octanol–water partition coefficient (Wildman–Crippen LogP) is -2.26. The Balaban J connectivity index is 0. The van der Waals surface area contributed by atoms with Crippen LogP contribution >= 0.6 is 0 Å². The molecule has 0 radical (unpaired) electrons. The molecule has 0 atom stereocenters. The summed E-state index contributed by atoms with van der Waals surface area (Å²) in [4.78, 5) is 10.9. The number of hydrogen-bond acceptors (Lipinski definition) is 4. The van der Waals surface area contributed by atoms with Gasteiger partial charge in [-0.1, -0.05) is 6.58 Å². The maximum Gasteiger partial charge on any atom is 1.00 e. The second-order valence-corrected chi connectivity index (χ2v) is 6.16. The average molecular weight is 244 g/mol. The Bertz CT molecular complexity index is 342. The Morgan fingerprint density at radius 1 is 1.33 bits per heavy atom.